The largest absolute Gasteiger partial charge is 0.459 e. The maximum absolute atomic E-state index is 13.1. The molecule has 2 rings (SSSR count). The maximum atomic E-state index is 13.1. The molecule has 134 valence electrons. The second kappa shape index (κ2) is 9.82. The Bertz CT molecular complexity index is 636. The lowest BCUT2D eigenvalue weighted by atomic mass is 9.93. The molecule has 0 fully saturated rings. The average Bonchev–Trinajstić information content (AvgIpc) is 2.63. The number of unbranched alkanes of at least 4 members (excludes halogenated alkanes) is 1. The molecular weight excluding hydrogens is 325 g/mol. The summed E-state index contributed by atoms with van der Waals surface area (Å²) in [5.41, 5.74) is 0.871. The number of aliphatic hydroxyl groups is 1. The molecule has 0 aromatic heterocycles. The molecule has 0 bridgehead atoms. The first-order valence-corrected chi connectivity index (χ1v) is 8.22. The van der Waals surface area contributed by atoms with E-state index in [1.165, 1.54) is 12.1 Å². The molecule has 1 heterocycles. The number of benzene rings is 1. The lowest BCUT2D eigenvalue weighted by Gasteiger charge is -2.29. The highest BCUT2D eigenvalue weighted by Gasteiger charge is 2.28. The van der Waals surface area contributed by atoms with Crippen molar-refractivity contribution in [2.24, 2.45) is 0 Å². The molecule has 1 amide bonds. The maximum Gasteiger partial charge on any atom is 0.286 e. The molecule has 1 aliphatic heterocycles. The van der Waals surface area contributed by atoms with E-state index in [9.17, 15) is 9.18 Å². The Kier molecular flexibility index (Phi) is 7.45. The number of terminal acetylenes is 1. The summed E-state index contributed by atoms with van der Waals surface area (Å²) in [5.74, 6) is 1.62. The monoisotopic (exact) mass is 347 g/mol. The highest BCUT2D eigenvalue weighted by atomic mass is 19.1. The number of hydrogen-bond donors (Lipinski definition) is 2. The van der Waals surface area contributed by atoms with Crippen LogP contribution in [0.15, 0.2) is 36.1 Å². The number of carbonyl (C=O) groups excluding carboxylic acids is 1. The summed E-state index contributed by atoms with van der Waals surface area (Å²) in [7, 11) is 0. The Morgan fingerprint density at radius 2 is 2.16 bits per heavy atom. The lowest BCUT2D eigenvalue weighted by molar-refractivity contribution is -0.146. The number of hydrogen-bond acceptors (Lipinski definition) is 4. The van der Waals surface area contributed by atoms with Gasteiger partial charge in [0.05, 0.1) is 13.2 Å². The number of aliphatic hydroxyl groups excluding tert-OH is 1. The molecule has 1 aromatic carbocycles. The molecule has 0 unspecified atom stereocenters. The zero-order valence-corrected chi connectivity index (χ0v) is 13.9. The Labute approximate surface area is 146 Å². The molecule has 0 spiro atoms. The smallest absolute Gasteiger partial charge is 0.286 e. The van der Waals surface area contributed by atoms with E-state index in [2.05, 4.69) is 11.2 Å². The molecular formula is C19H22FNO4. The Balaban J connectivity index is 2.10. The van der Waals surface area contributed by atoms with E-state index in [1.807, 2.05) is 0 Å². The van der Waals surface area contributed by atoms with Gasteiger partial charge in [-0.3, -0.25) is 4.79 Å². The van der Waals surface area contributed by atoms with Gasteiger partial charge in [0.2, 0.25) is 6.29 Å². The van der Waals surface area contributed by atoms with E-state index < -0.39 is 12.2 Å². The molecule has 5 nitrogen and oxygen atoms in total. The Morgan fingerprint density at radius 1 is 1.40 bits per heavy atom. The van der Waals surface area contributed by atoms with E-state index >= 15 is 0 Å². The SMILES string of the molecule is C#CCNC(=O)C1=C[C@@H](c2ccc(F)cc2)C[C@@H](OCCCCO)O1. The van der Waals surface area contributed by atoms with Crippen LogP contribution >= 0.6 is 0 Å². The van der Waals surface area contributed by atoms with Crippen molar-refractivity contribution < 1.29 is 23.8 Å². The van der Waals surface area contributed by atoms with Crippen LogP contribution in [0, 0.1) is 18.2 Å². The highest BCUT2D eigenvalue weighted by Crippen LogP contribution is 2.31. The number of rotatable bonds is 8. The number of ether oxygens (including phenoxy) is 2. The molecule has 0 radical (unpaired) electrons. The van der Waals surface area contributed by atoms with Gasteiger partial charge in [0.15, 0.2) is 5.76 Å². The van der Waals surface area contributed by atoms with Crippen LogP contribution in [0.1, 0.15) is 30.7 Å². The lowest BCUT2D eigenvalue weighted by Crippen LogP contribution is -2.33. The minimum absolute atomic E-state index is 0.1000. The van der Waals surface area contributed by atoms with Crippen molar-refractivity contribution in [2.75, 3.05) is 19.8 Å². The Hall–Kier alpha value is -2.36. The van der Waals surface area contributed by atoms with Gasteiger partial charge in [-0.15, -0.1) is 6.42 Å². The fourth-order valence-corrected chi connectivity index (χ4v) is 2.51. The molecule has 2 atom stereocenters. The molecule has 0 saturated heterocycles. The van der Waals surface area contributed by atoms with Gasteiger partial charge in [0.25, 0.3) is 5.91 Å². The van der Waals surface area contributed by atoms with Crippen molar-refractivity contribution in [3.63, 3.8) is 0 Å². The molecule has 2 N–H and O–H groups in total. The summed E-state index contributed by atoms with van der Waals surface area (Å²) in [5, 5.41) is 11.4. The fourth-order valence-electron chi connectivity index (χ4n) is 2.51. The van der Waals surface area contributed by atoms with Gasteiger partial charge in [-0.2, -0.15) is 0 Å². The van der Waals surface area contributed by atoms with Crippen molar-refractivity contribution in [2.45, 2.75) is 31.5 Å². The van der Waals surface area contributed by atoms with Gasteiger partial charge in [0.1, 0.15) is 5.82 Å². The minimum Gasteiger partial charge on any atom is -0.459 e. The molecule has 6 heteroatoms. The van der Waals surface area contributed by atoms with Crippen molar-refractivity contribution in [1.82, 2.24) is 5.32 Å². The number of nitrogens with one attached hydrogen (secondary N) is 1. The van der Waals surface area contributed by atoms with Crippen LogP contribution in [0.3, 0.4) is 0 Å². The van der Waals surface area contributed by atoms with Crippen LogP contribution in [0.4, 0.5) is 4.39 Å². The first-order chi connectivity index (χ1) is 12.1. The summed E-state index contributed by atoms with van der Waals surface area (Å²) in [6, 6.07) is 6.13. The van der Waals surface area contributed by atoms with Gasteiger partial charge in [-0.25, -0.2) is 4.39 Å². The third-order valence-electron chi connectivity index (χ3n) is 3.79. The molecule has 1 aromatic rings. The van der Waals surface area contributed by atoms with Gasteiger partial charge in [0, 0.05) is 18.9 Å². The van der Waals surface area contributed by atoms with E-state index in [0.29, 0.717) is 25.9 Å². The molecule has 0 saturated carbocycles. The summed E-state index contributed by atoms with van der Waals surface area (Å²) in [4.78, 5) is 12.2. The minimum atomic E-state index is -0.592. The van der Waals surface area contributed by atoms with Crippen LogP contribution in [0.2, 0.25) is 0 Å². The van der Waals surface area contributed by atoms with Gasteiger partial charge >= 0.3 is 0 Å². The number of amides is 1. The molecule has 1 aliphatic rings. The van der Waals surface area contributed by atoms with Crippen molar-refractivity contribution >= 4 is 5.91 Å². The normalized spacial score (nSPS) is 19.5. The van der Waals surface area contributed by atoms with E-state index in [-0.39, 0.29) is 30.6 Å². The zero-order chi connectivity index (χ0) is 18.1. The first kappa shape index (κ1) is 19.0. The standard InChI is InChI=1S/C19H22FNO4/c1-2-9-21-19(23)17-12-15(14-5-7-16(20)8-6-14)13-18(25-17)24-11-4-3-10-22/h1,5-8,12,15,18,22H,3-4,9-11,13H2,(H,21,23)/t15-,18+/m1/s1. The second-order valence-electron chi connectivity index (χ2n) is 5.66. The van der Waals surface area contributed by atoms with E-state index in [1.54, 1.807) is 18.2 Å². The van der Waals surface area contributed by atoms with Crippen LogP contribution in [-0.2, 0) is 14.3 Å². The number of halogens is 1. The first-order valence-electron chi connectivity index (χ1n) is 8.22. The van der Waals surface area contributed by atoms with Gasteiger partial charge in [-0.05, 0) is 36.6 Å². The van der Waals surface area contributed by atoms with Crippen molar-refractivity contribution in [1.29, 1.82) is 0 Å². The number of allylic oxidation sites excluding steroid dienone is 1. The summed E-state index contributed by atoms with van der Waals surface area (Å²) in [6.07, 6.45) is 8.11. The molecule has 25 heavy (non-hydrogen) atoms. The van der Waals surface area contributed by atoms with Crippen LogP contribution in [-0.4, -0.2) is 37.1 Å². The van der Waals surface area contributed by atoms with E-state index in [4.69, 9.17) is 21.0 Å². The topological polar surface area (TPSA) is 67.8 Å². The number of carbonyl (C=O) groups is 1. The molecule has 0 aliphatic carbocycles. The summed E-state index contributed by atoms with van der Waals surface area (Å²) in [6.45, 7) is 0.621. The predicted molar refractivity (Wildman–Crippen MR) is 90.8 cm³/mol. The fraction of sp³-hybridized carbons (Fsp3) is 0.421. The predicted octanol–water partition coefficient (Wildman–Crippen LogP) is 2.08. The van der Waals surface area contributed by atoms with Crippen LogP contribution in [0.5, 0.6) is 0 Å². The zero-order valence-electron chi connectivity index (χ0n) is 13.9. The third-order valence-corrected chi connectivity index (χ3v) is 3.79. The van der Waals surface area contributed by atoms with Gasteiger partial charge < -0.3 is 19.9 Å². The Morgan fingerprint density at radius 3 is 2.84 bits per heavy atom. The van der Waals surface area contributed by atoms with Gasteiger partial charge in [-0.1, -0.05) is 18.1 Å². The van der Waals surface area contributed by atoms with Crippen LogP contribution < -0.4 is 5.32 Å². The third kappa shape index (κ3) is 5.89. The highest BCUT2D eigenvalue weighted by molar-refractivity contribution is 5.91. The summed E-state index contributed by atoms with van der Waals surface area (Å²) < 4.78 is 24.4. The second-order valence-corrected chi connectivity index (χ2v) is 5.66. The van der Waals surface area contributed by atoms with Crippen molar-refractivity contribution in [3.05, 3.63) is 47.5 Å². The van der Waals surface area contributed by atoms with E-state index in [0.717, 1.165) is 5.56 Å². The quantitative estimate of drug-likeness (QED) is 0.558. The summed E-state index contributed by atoms with van der Waals surface area (Å²) >= 11 is 0. The van der Waals surface area contributed by atoms with Crippen LogP contribution in [0.25, 0.3) is 0 Å². The average molecular weight is 347 g/mol. The van der Waals surface area contributed by atoms with Crippen molar-refractivity contribution in [3.8, 4) is 12.3 Å².